The molecule has 2 heterocycles. The van der Waals surface area contributed by atoms with E-state index in [0.29, 0.717) is 24.2 Å². The first-order valence-corrected chi connectivity index (χ1v) is 8.75. The molecule has 0 atom stereocenters. The Morgan fingerprint density at radius 1 is 1.04 bits per heavy atom. The minimum atomic E-state index is -0.238. The molecule has 0 saturated carbocycles. The van der Waals surface area contributed by atoms with Gasteiger partial charge in [0.1, 0.15) is 11.5 Å². The highest BCUT2D eigenvalue weighted by atomic mass is 19.1. The fraction of sp³-hybridized carbons (Fsp3) is 0.238. The largest absolute Gasteiger partial charge is 0.419 e. The number of aromatic nitrogens is 3. The number of para-hydroxylation sites is 1. The second-order valence-electron chi connectivity index (χ2n) is 6.90. The Kier molecular flexibility index (Phi) is 4.29. The fourth-order valence-corrected chi connectivity index (χ4v) is 3.16. The van der Waals surface area contributed by atoms with E-state index in [2.05, 4.69) is 28.6 Å². The molecule has 0 amide bonds. The van der Waals surface area contributed by atoms with E-state index in [1.165, 1.54) is 6.07 Å². The Morgan fingerprint density at radius 2 is 1.88 bits per heavy atom. The van der Waals surface area contributed by atoms with E-state index in [0.717, 1.165) is 28.6 Å². The lowest BCUT2D eigenvalue weighted by Gasteiger charge is -2.09. The van der Waals surface area contributed by atoms with Crippen molar-refractivity contribution in [3.63, 3.8) is 0 Å². The Labute approximate surface area is 151 Å². The summed E-state index contributed by atoms with van der Waals surface area (Å²) >= 11 is 0. The van der Waals surface area contributed by atoms with Crippen molar-refractivity contribution in [2.45, 2.75) is 26.8 Å². The zero-order valence-corrected chi connectivity index (χ0v) is 14.8. The van der Waals surface area contributed by atoms with Crippen molar-refractivity contribution >= 4 is 10.9 Å². The smallest absolute Gasteiger partial charge is 0.264 e. The monoisotopic (exact) mass is 349 g/mol. The number of rotatable bonds is 5. The summed E-state index contributed by atoms with van der Waals surface area (Å²) in [5, 5.41) is 9.50. The topological polar surface area (TPSA) is 43.9 Å². The summed E-state index contributed by atoms with van der Waals surface area (Å²) in [6.45, 7) is 4.76. The van der Waals surface area contributed by atoms with Gasteiger partial charge < -0.3 is 8.98 Å². The van der Waals surface area contributed by atoms with Crippen molar-refractivity contribution in [1.29, 1.82) is 0 Å². The van der Waals surface area contributed by atoms with Crippen LogP contribution in [0.5, 0.6) is 0 Å². The number of hydrogen-bond acceptors (Lipinski definition) is 3. The summed E-state index contributed by atoms with van der Waals surface area (Å²) < 4.78 is 21.6. The maximum atomic E-state index is 13.6. The van der Waals surface area contributed by atoms with Gasteiger partial charge in [-0.15, -0.1) is 10.2 Å². The van der Waals surface area contributed by atoms with Crippen LogP contribution in [0.1, 0.15) is 25.3 Å². The van der Waals surface area contributed by atoms with Crippen LogP contribution in [0, 0.1) is 11.7 Å². The molecule has 0 spiro atoms. The molecule has 0 unspecified atom stereocenters. The first-order valence-electron chi connectivity index (χ1n) is 8.75. The van der Waals surface area contributed by atoms with Crippen molar-refractivity contribution in [2.75, 3.05) is 0 Å². The van der Waals surface area contributed by atoms with E-state index in [-0.39, 0.29) is 5.82 Å². The second-order valence-corrected chi connectivity index (χ2v) is 6.90. The van der Waals surface area contributed by atoms with Gasteiger partial charge in [0.25, 0.3) is 5.89 Å². The average molecular weight is 349 g/mol. The maximum Gasteiger partial charge on any atom is 0.264 e. The van der Waals surface area contributed by atoms with Crippen LogP contribution in [-0.2, 0) is 13.0 Å². The van der Waals surface area contributed by atoms with E-state index in [4.69, 9.17) is 4.42 Å². The first-order chi connectivity index (χ1) is 12.6. The zero-order chi connectivity index (χ0) is 18.1. The van der Waals surface area contributed by atoms with Crippen LogP contribution in [0.25, 0.3) is 22.5 Å². The number of halogens is 1. The van der Waals surface area contributed by atoms with E-state index >= 15 is 0 Å². The highest BCUT2D eigenvalue weighted by Crippen LogP contribution is 2.29. The molecule has 0 aliphatic carbocycles. The molecular formula is C21H20FN3O. The van der Waals surface area contributed by atoms with Crippen LogP contribution in [0.3, 0.4) is 0 Å². The van der Waals surface area contributed by atoms with Crippen LogP contribution in [0.2, 0.25) is 0 Å². The molecule has 132 valence electrons. The lowest BCUT2D eigenvalue weighted by Crippen LogP contribution is -2.02. The predicted octanol–water partition coefficient (Wildman–Crippen LogP) is 5.08. The van der Waals surface area contributed by atoms with Gasteiger partial charge in [-0.2, -0.15) is 0 Å². The van der Waals surface area contributed by atoms with Gasteiger partial charge in [0, 0.05) is 23.9 Å². The normalized spacial score (nSPS) is 11.5. The third-order valence-corrected chi connectivity index (χ3v) is 4.31. The Morgan fingerprint density at radius 3 is 2.69 bits per heavy atom. The number of fused-ring (bicyclic) bond motifs is 1. The van der Waals surface area contributed by atoms with Gasteiger partial charge in [0.2, 0.25) is 5.89 Å². The van der Waals surface area contributed by atoms with Crippen molar-refractivity contribution in [2.24, 2.45) is 5.92 Å². The zero-order valence-electron chi connectivity index (χ0n) is 14.8. The Bertz CT molecular complexity index is 1050. The summed E-state index contributed by atoms with van der Waals surface area (Å²) in [7, 11) is 0. The molecule has 2 aromatic heterocycles. The average Bonchev–Trinajstić information content (AvgIpc) is 3.19. The van der Waals surface area contributed by atoms with Gasteiger partial charge in [-0.25, -0.2) is 4.39 Å². The third-order valence-electron chi connectivity index (χ3n) is 4.31. The van der Waals surface area contributed by atoms with Crippen LogP contribution in [0.4, 0.5) is 4.39 Å². The number of nitrogens with zero attached hydrogens (tertiary/aromatic N) is 3. The highest BCUT2D eigenvalue weighted by Gasteiger charge is 2.17. The molecule has 4 nitrogen and oxygen atoms in total. The molecule has 4 aromatic rings. The predicted molar refractivity (Wildman–Crippen MR) is 99.3 cm³/mol. The van der Waals surface area contributed by atoms with E-state index in [1.54, 1.807) is 12.1 Å². The molecule has 0 aliphatic heterocycles. The van der Waals surface area contributed by atoms with Gasteiger partial charge in [-0.05, 0) is 35.7 Å². The van der Waals surface area contributed by atoms with Crippen molar-refractivity contribution < 1.29 is 8.81 Å². The molecule has 5 heteroatoms. The fourth-order valence-electron chi connectivity index (χ4n) is 3.16. The highest BCUT2D eigenvalue weighted by molar-refractivity contribution is 5.85. The van der Waals surface area contributed by atoms with Gasteiger partial charge in [0.05, 0.1) is 0 Å². The van der Waals surface area contributed by atoms with E-state index < -0.39 is 0 Å². The second kappa shape index (κ2) is 6.75. The molecule has 0 fully saturated rings. The lowest BCUT2D eigenvalue weighted by molar-refractivity contribution is 0.464. The van der Waals surface area contributed by atoms with Crippen molar-refractivity contribution in [1.82, 2.24) is 14.8 Å². The summed E-state index contributed by atoms with van der Waals surface area (Å²) in [6, 6.07) is 16.8. The van der Waals surface area contributed by atoms with Crippen LogP contribution in [0.15, 0.2) is 59.0 Å². The molecule has 4 rings (SSSR count). The number of hydrogen-bond donors (Lipinski definition) is 0. The van der Waals surface area contributed by atoms with Crippen LogP contribution < -0.4 is 0 Å². The first kappa shape index (κ1) is 16.5. The van der Waals surface area contributed by atoms with Crippen LogP contribution in [-0.4, -0.2) is 14.8 Å². The van der Waals surface area contributed by atoms with Gasteiger partial charge in [-0.1, -0.05) is 44.2 Å². The summed E-state index contributed by atoms with van der Waals surface area (Å²) in [4.78, 5) is 0. The van der Waals surface area contributed by atoms with Crippen molar-refractivity contribution in [3.05, 3.63) is 71.9 Å². The van der Waals surface area contributed by atoms with E-state index in [9.17, 15) is 4.39 Å². The van der Waals surface area contributed by atoms with Crippen molar-refractivity contribution in [3.8, 4) is 11.6 Å². The molecule has 2 aromatic carbocycles. The van der Waals surface area contributed by atoms with Gasteiger partial charge >= 0.3 is 0 Å². The quantitative estimate of drug-likeness (QED) is 0.505. The molecular weight excluding hydrogens is 329 g/mol. The molecule has 0 N–H and O–H groups in total. The SMILES string of the molecule is CC(C)Cc1nnc(-c2cc3ccccc3n2Cc2cccc(F)c2)o1. The van der Waals surface area contributed by atoms with E-state index in [1.807, 2.05) is 36.4 Å². The summed E-state index contributed by atoms with van der Waals surface area (Å²) in [5.74, 6) is 1.34. The lowest BCUT2D eigenvalue weighted by atomic mass is 10.1. The summed E-state index contributed by atoms with van der Waals surface area (Å²) in [5.41, 5.74) is 2.78. The Hall–Kier alpha value is -2.95. The number of benzene rings is 2. The maximum absolute atomic E-state index is 13.6. The third kappa shape index (κ3) is 3.25. The molecule has 26 heavy (non-hydrogen) atoms. The van der Waals surface area contributed by atoms with Gasteiger partial charge in [-0.3, -0.25) is 0 Å². The molecule has 0 aliphatic rings. The molecule has 0 saturated heterocycles. The molecule has 0 bridgehead atoms. The van der Waals surface area contributed by atoms with Crippen LogP contribution >= 0.6 is 0 Å². The Balaban J connectivity index is 1.80. The van der Waals surface area contributed by atoms with Gasteiger partial charge in [0.15, 0.2) is 0 Å². The minimum Gasteiger partial charge on any atom is -0.419 e. The standard InChI is InChI=1S/C21H20FN3O/c1-14(2)10-20-23-24-21(26-20)19-12-16-7-3-4-9-18(16)25(19)13-15-6-5-8-17(22)11-15/h3-9,11-12,14H,10,13H2,1-2H3. The summed E-state index contributed by atoms with van der Waals surface area (Å²) in [6.07, 6.45) is 0.747. The molecule has 0 radical (unpaired) electrons. The minimum absolute atomic E-state index is 0.238.